The van der Waals surface area contributed by atoms with Gasteiger partial charge in [-0.3, -0.25) is 4.79 Å². The van der Waals surface area contributed by atoms with E-state index in [1.807, 2.05) is 4.90 Å². The molecular weight excluding hydrogens is 422 g/mol. The number of rotatable bonds is 4. The molecule has 1 spiro atoms. The van der Waals surface area contributed by atoms with E-state index in [9.17, 15) is 9.59 Å². The van der Waals surface area contributed by atoms with Crippen molar-refractivity contribution in [2.24, 2.45) is 5.92 Å². The molecule has 178 valence electrons. The maximum Gasteiger partial charge on any atom is 0.350 e. The number of ether oxygens (including phenoxy) is 2. The molecule has 5 nitrogen and oxygen atoms in total. The van der Waals surface area contributed by atoms with Crippen LogP contribution in [-0.4, -0.2) is 37.2 Å². The number of nitrogens with zero attached hydrogens (tertiary/aromatic N) is 1. The van der Waals surface area contributed by atoms with E-state index in [1.165, 1.54) is 24.9 Å². The molecule has 0 N–H and O–H groups in total. The number of methoxy groups -OCH3 is 1. The van der Waals surface area contributed by atoms with Gasteiger partial charge in [0.25, 0.3) is 0 Å². The summed E-state index contributed by atoms with van der Waals surface area (Å²) in [4.78, 5) is 30.5. The van der Waals surface area contributed by atoms with E-state index >= 15 is 0 Å². The molecule has 1 aliphatic heterocycles. The molecule has 1 aromatic rings. The highest BCUT2D eigenvalue weighted by Gasteiger charge is 2.43. The van der Waals surface area contributed by atoms with Crippen molar-refractivity contribution in [2.75, 3.05) is 18.6 Å². The summed E-state index contributed by atoms with van der Waals surface area (Å²) >= 11 is 1.48. The molecule has 1 amide bonds. The molecule has 0 bridgehead atoms. The second-order valence-electron chi connectivity index (χ2n) is 11.0. The molecule has 0 radical (unpaired) electrons. The molecule has 2 aliphatic carbocycles. The van der Waals surface area contributed by atoms with Gasteiger partial charge in [0.15, 0.2) is 0 Å². The van der Waals surface area contributed by atoms with Crippen LogP contribution in [0.2, 0.25) is 0 Å². The number of amides is 1. The summed E-state index contributed by atoms with van der Waals surface area (Å²) < 4.78 is 11.3. The first-order valence-corrected chi connectivity index (χ1v) is 13.3. The Balaban J connectivity index is 1.70. The zero-order chi connectivity index (χ0) is 22.9. The first-order chi connectivity index (χ1) is 15.2. The summed E-state index contributed by atoms with van der Waals surface area (Å²) in [7, 11) is 1.43. The number of carbonyl (C=O) groups excluding carboxylic acids is 2. The summed E-state index contributed by atoms with van der Waals surface area (Å²) in [6.45, 7) is 7.32. The van der Waals surface area contributed by atoms with E-state index < -0.39 is 0 Å². The van der Waals surface area contributed by atoms with Crippen LogP contribution in [0.4, 0.5) is 5.69 Å². The van der Waals surface area contributed by atoms with Crippen molar-refractivity contribution in [1.82, 2.24) is 0 Å². The number of hydrogen-bond acceptors (Lipinski definition) is 5. The van der Waals surface area contributed by atoms with Gasteiger partial charge in [-0.15, -0.1) is 11.3 Å². The van der Waals surface area contributed by atoms with Crippen molar-refractivity contribution < 1.29 is 19.1 Å². The molecule has 2 heterocycles. The van der Waals surface area contributed by atoms with Gasteiger partial charge in [-0.1, -0.05) is 40.0 Å². The smallest absolute Gasteiger partial charge is 0.350 e. The maximum atomic E-state index is 14.0. The van der Waals surface area contributed by atoms with Crippen LogP contribution in [0.25, 0.3) is 0 Å². The van der Waals surface area contributed by atoms with Crippen molar-refractivity contribution in [1.29, 1.82) is 0 Å². The number of anilines is 1. The fraction of sp³-hybridized carbons (Fsp3) is 0.769. The average molecular weight is 462 g/mol. The lowest BCUT2D eigenvalue weighted by Gasteiger charge is -2.42. The van der Waals surface area contributed by atoms with E-state index in [2.05, 4.69) is 26.8 Å². The van der Waals surface area contributed by atoms with E-state index in [-0.39, 0.29) is 34.9 Å². The maximum absolute atomic E-state index is 14.0. The minimum Gasteiger partial charge on any atom is -0.465 e. The second-order valence-corrected chi connectivity index (χ2v) is 12.0. The molecule has 4 rings (SSSR count). The van der Waals surface area contributed by atoms with Crippen LogP contribution in [0.3, 0.4) is 0 Å². The van der Waals surface area contributed by atoms with Gasteiger partial charge in [-0.25, -0.2) is 4.79 Å². The molecule has 0 atom stereocenters. The first-order valence-electron chi connectivity index (χ1n) is 12.4. The molecule has 0 aromatic carbocycles. The lowest BCUT2D eigenvalue weighted by Crippen LogP contribution is -2.49. The molecule has 2 saturated carbocycles. The van der Waals surface area contributed by atoms with Crippen molar-refractivity contribution >= 4 is 28.9 Å². The van der Waals surface area contributed by atoms with Crippen molar-refractivity contribution in [3.05, 3.63) is 15.8 Å². The minimum atomic E-state index is -0.339. The third-order valence-corrected chi connectivity index (χ3v) is 9.22. The van der Waals surface area contributed by atoms with Crippen LogP contribution in [0, 0.1) is 5.92 Å². The monoisotopic (exact) mass is 461 g/mol. The van der Waals surface area contributed by atoms with E-state index in [0.717, 1.165) is 81.4 Å². The summed E-state index contributed by atoms with van der Waals surface area (Å²) in [6.07, 6.45) is 11.5. The van der Waals surface area contributed by atoms with Gasteiger partial charge in [-0.2, -0.15) is 0 Å². The van der Waals surface area contributed by atoms with Gasteiger partial charge < -0.3 is 14.4 Å². The summed E-state index contributed by atoms with van der Waals surface area (Å²) in [5.74, 6) is -0.0689. The Hall–Kier alpha value is -1.40. The Labute approximate surface area is 196 Å². The van der Waals surface area contributed by atoms with Crippen LogP contribution >= 0.6 is 11.3 Å². The normalized spacial score (nSPS) is 26.9. The molecule has 0 unspecified atom stereocenters. The van der Waals surface area contributed by atoms with Crippen LogP contribution in [0.1, 0.15) is 106 Å². The van der Waals surface area contributed by atoms with Crippen molar-refractivity contribution in [2.45, 2.75) is 108 Å². The van der Waals surface area contributed by atoms with E-state index in [4.69, 9.17) is 9.47 Å². The molecule has 1 saturated heterocycles. The predicted molar refractivity (Wildman–Crippen MR) is 129 cm³/mol. The quantitative estimate of drug-likeness (QED) is 0.498. The molecule has 3 fully saturated rings. The van der Waals surface area contributed by atoms with Crippen LogP contribution in [0.5, 0.6) is 0 Å². The Kier molecular flexibility index (Phi) is 7.02. The average Bonchev–Trinajstić information content (AvgIpc) is 3.43. The zero-order valence-corrected chi connectivity index (χ0v) is 21.0. The standard InChI is InChI=1S/C26H39NO4S/c1-25(2,3)21-17-20(22(32-21)24(29)30-4)27(23(28)18-9-6-5-7-10-18)19-11-14-26(15-12-19)13-8-16-31-26/h17-19H,5-16H2,1-4H3. The Morgan fingerprint density at radius 3 is 2.31 bits per heavy atom. The third-order valence-electron chi connectivity index (χ3n) is 7.69. The van der Waals surface area contributed by atoms with Crippen LogP contribution in [0.15, 0.2) is 6.07 Å². The zero-order valence-electron chi connectivity index (χ0n) is 20.2. The minimum absolute atomic E-state index is 0.0203. The fourth-order valence-corrected chi connectivity index (χ4v) is 6.87. The second kappa shape index (κ2) is 9.46. The Morgan fingerprint density at radius 2 is 1.75 bits per heavy atom. The summed E-state index contributed by atoms with van der Waals surface area (Å²) in [5.41, 5.74) is 0.696. The predicted octanol–water partition coefficient (Wildman–Crippen LogP) is 6.24. The summed E-state index contributed by atoms with van der Waals surface area (Å²) in [6, 6.07) is 2.21. The lowest BCUT2D eigenvalue weighted by atomic mass is 9.79. The van der Waals surface area contributed by atoms with Crippen molar-refractivity contribution in [3.63, 3.8) is 0 Å². The molecule has 1 aromatic heterocycles. The van der Waals surface area contributed by atoms with Gasteiger partial charge in [-0.05, 0) is 62.8 Å². The van der Waals surface area contributed by atoms with E-state index in [0.29, 0.717) is 4.88 Å². The van der Waals surface area contributed by atoms with Crippen molar-refractivity contribution in [3.8, 4) is 0 Å². The van der Waals surface area contributed by atoms with Crippen LogP contribution in [-0.2, 0) is 19.7 Å². The fourth-order valence-electron chi connectivity index (χ4n) is 5.75. The number of thiophene rings is 1. The summed E-state index contributed by atoms with van der Waals surface area (Å²) in [5, 5.41) is 0. The first kappa shape index (κ1) is 23.7. The topological polar surface area (TPSA) is 55.8 Å². The van der Waals surface area contributed by atoms with E-state index in [1.54, 1.807) is 0 Å². The molecule has 32 heavy (non-hydrogen) atoms. The molecule has 6 heteroatoms. The van der Waals surface area contributed by atoms with Gasteiger partial charge >= 0.3 is 5.97 Å². The highest BCUT2D eigenvalue weighted by Crippen LogP contribution is 2.45. The Morgan fingerprint density at radius 1 is 1.06 bits per heavy atom. The number of esters is 1. The third kappa shape index (κ3) is 4.77. The number of hydrogen-bond donors (Lipinski definition) is 0. The van der Waals surface area contributed by atoms with Gasteiger partial charge in [0.2, 0.25) is 5.91 Å². The molecular formula is C26H39NO4S. The Bertz CT molecular complexity index is 817. The lowest BCUT2D eigenvalue weighted by molar-refractivity contribution is -0.124. The van der Waals surface area contributed by atoms with Gasteiger partial charge in [0.05, 0.1) is 18.4 Å². The largest absolute Gasteiger partial charge is 0.465 e. The van der Waals surface area contributed by atoms with Gasteiger partial charge in [0.1, 0.15) is 4.88 Å². The number of carbonyl (C=O) groups is 2. The highest BCUT2D eigenvalue weighted by atomic mass is 32.1. The highest BCUT2D eigenvalue weighted by molar-refractivity contribution is 7.14. The van der Waals surface area contributed by atoms with Gasteiger partial charge in [0, 0.05) is 23.4 Å². The SMILES string of the molecule is COC(=O)c1sc(C(C)(C)C)cc1N(C(=O)C1CCCCC1)C1CCC2(CCCO2)CC1. The van der Waals surface area contributed by atoms with Crippen LogP contribution < -0.4 is 4.90 Å². The molecule has 3 aliphatic rings.